The summed E-state index contributed by atoms with van der Waals surface area (Å²) >= 11 is 7.60. The molecule has 0 radical (unpaired) electrons. The molecular formula is C15H15ClN2OS. The molecule has 0 spiro atoms. The zero-order valence-electron chi connectivity index (χ0n) is 11.2. The van der Waals surface area contributed by atoms with Gasteiger partial charge in [-0.2, -0.15) is 0 Å². The maximum Gasteiger partial charge on any atom is 0.265 e. The first-order valence-electron chi connectivity index (χ1n) is 6.68. The Morgan fingerprint density at radius 1 is 1.35 bits per heavy atom. The molecule has 3 rings (SSSR count). The number of carbonyl (C=O) groups excluding carboxylic acids is 1. The van der Waals surface area contributed by atoms with E-state index in [1.54, 1.807) is 17.5 Å². The third kappa shape index (κ3) is 2.72. The highest BCUT2D eigenvalue weighted by Gasteiger charge is 2.18. The number of hydrogen-bond acceptors (Lipinski definition) is 3. The molecule has 1 amide bonds. The number of fused-ring (bicyclic) bond motifs is 1. The Bertz CT molecular complexity index is 642. The van der Waals surface area contributed by atoms with Gasteiger partial charge in [0.25, 0.3) is 5.91 Å². The van der Waals surface area contributed by atoms with E-state index in [9.17, 15) is 4.79 Å². The van der Waals surface area contributed by atoms with Crippen LogP contribution in [0.2, 0.25) is 5.15 Å². The van der Waals surface area contributed by atoms with Gasteiger partial charge < -0.3 is 5.32 Å². The third-order valence-electron chi connectivity index (χ3n) is 3.44. The second-order valence-corrected chi connectivity index (χ2v) is 6.57. The zero-order chi connectivity index (χ0) is 14.1. The molecule has 3 nitrogen and oxygen atoms in total. The molecule has 104 valence electrons. The van der Waals surface area contributed by atoms with Crippen LogP contribution in [0.4, 0.5) is 5.69 Å². The summed E-state index contributed by atoms with van der Waals surface area (Å²) in [5.41, 5.74) is 2.87. The minimum absolute atomic E-state index is 0.0984. The van der Waals surface area contributed by atoms with Gasteiger partial charge in [-0.05, 0) is 55.9 Å². The number of aryl methyl sites for hydroxylation is 3. The minimum atomic E-state index is -0.0984. The Hall–Kier alpha value is -1.39. The molecule has 0 bridgehead atoms. The molecule has 2 heterocycles. The number of rotatable bonds is 2. The second-order valence-electron chi connectivity index (χ2n) is 5.07. The van der Waals surface area contributed by atoms with E-state index in [1.807, 2.05) is 19.1 Å². The van der Waals surface area contributed by atoms with Gasteiger partial charge in [-0.15, -0.1) is 11.3 Å². The number of pyridine rings is 1. The lowest BCUT2D eigenvalue weighted by Gasteiger charge is -2.08. The fraction of sp³-hybridized carbons (Fsp3) is 0.333. The van der Waals surface area contributed by atoms with Crippen molar-refractivity contribution in [3.8, 4) is 0 Å². The van der Waals surface area contributed by atoms with E-state index in [0.29, 0.717) is 10.8 Å². The van der Waals surface area contributed by atoms with Gasteiger partial charge in [0.1, 0.15) is 0 Å². The predicted octanol–water partition coefficient (Wildman–Crippen LogP) is 4.24. The average Bonchev–Trinajstić information content (AvgIpc) is 2.87. The molecule has 2 aromatic heterocycles. The second kappa shape index (κ2) is 5.54. The number of nitrogens with zero attached hydrogens (tertiary/aromatic N) is 1. The van der Waals surface area contributed by atoms with Crippen molar-refractivity contribution in [3.63, 3.8) is 0 Å². The van der Waals surface area contributed by atoms with E-state index < -0.39 is 0 Å². The van der Waals surface area contributed by atoms with Gasteiger partial charge in [0, 0.05) is 11.1 Å². The van der Waals surface area contributed by atoms with E-state index in [2.05, 4.69) is 10.3 Å². The van der Waals surface area contributed by atoms with Crippen LogP contribution >= 0.6 is 22.9 Å². The largest absolute Gasteiger partial charge is 0.319 e. The van der Waals surface area contributed by atoms with E-state index in [4.69, 9.17) is 11.6 Å². The molecule has 1 aliphatic carbocycles. The van der Waals surface area contributed by atoms with Crippen molar-refractivity contribution < 1.29 is 4.79 Å². The van der Waals surface area contributed by atoms with Crippen LogP contribution in [0, 0.1) is 6.92 Å². The summed E-state index contributed by atoms with van der Waals surface area (Å²) in [6.45, 7) is 1.92. The molecule has 2 aromatic rings. The standard InChI is InChI=1S/C15H15ClN2OS/c1-9-6-11(14(16)17-8-9)18-15(19)13-7-10-4-2-3-5-12(10)20-13/h6-8H,2-5H2,1H3,(H,18,19). The Labute approximate surface area is 127 Å². The number of carbonyl (C=O) groups is 1. The quantitative estimate of drug-likeness (QED) is 0.843. The van der Waals surface area contributed by atoms with Gasteiger partial charge in [-0.25, -0.2) is 4.98 Å². The molecule has 0 unspecified atom stereocenters. The average molecular weight is 307 g/mol. The van der Waals surface area contributed by atoms with Gasteiger partial charge in [0.2, 0.25) is 0 Å². The fourth-order valence-corrected chi connectivity index (χ4v) is 3.73. The van der Waals surface area contributed by atoms with Gasteiger partial charge in [0.05, 0.1) is 10.6 Å². The summed E-state index contributed by atoms with van der Waals surface area (Å²) in [5.74, 6) is -0.0984. The molecule has 0 atom stereocenters. The molecule has 5 heteroatoms. The summed E-state index contributed by atoms with van der Waals surface area (Å²) in [7, 11) is 0. The van der Waals surface area contributed by atoms with Crippen LogP contribution in [0.5, 0.6) is 0 Å². The number of hydrogen-bond donors (Lipinski definition) is 1. The third-order valence-corrected chi connectivity index (χ3v) is 4.98. The Morgan fingerprint density at radius 3 is 2.95 bits per heavy atom. The van der Waals surface area contributed by atoms with E-state index in [1.165, 1.54) is 23.3 Å². The topological polar surface area (TPSA) is 42.0 Å². The van der Waals surface area contributed by atoms with Crippen LogP contribution in [-0.2, 0) is 12.8 Å². The summed E-state index contributed by atoms with van der Waals surface area (Å²) in [6, 6.07) is 3.85. The number of amides is 1. The number of aromatic nitrogens is 1. The summed E-state index contributed by atoms with van der Waals surface area (Å²) in [4.78, 5) is 18.5. The van der Waals surface area contributed by atoms with E-state index >= 15 is 0 Å². The molecule has 0 aromatic carbocycles. The van der Waals surface area contributed by atoms with Gasteiger partial charge >= 0.3 is 0 Å². The van der Waals surface area contributed by atoms with Crippen molar-refractivity contribution >= 4 is 34.5 Å². The van der Waals surface area contributed by atoms with Crippen molar-refractivity contribution in [3.05, 3.63) is 44.4 Å². The molecule has 0 saturated heterocycles. The summed E-state index contributed by atoms with van der Waals surface area (Å²) in [6.07, 6.45) is 6.31. The highest BCUT2D eigenvalue weighted by molar-refractivity contribution is 7.14. The normalized spacial score (nSPS) is 13.9. The zero-order valence-corrected chi connectivity index (χ0v) is 12.8. The minimum Gasteiger partial charge on any atom is -0.319 e. The highest BCUT2D eigenvalue weighted by atomic mass is 35.5. The van der Waals surface area contributed by atoms with Crippen LogP contribution in [0.15, 0.2) is 18.3 Å². The lowest BCUT2D eigenvalue weighted by molar-refractivity contribution is 0.103. The van der Waals surface area contributed by atoms with Crippen molar-refractivity contribution in [2.45, 2.75) is 32.6 Å². The number of thiophene rings is 1. The Morgan fingerprint density at radius 2 is 2.15 bits per heavy atom. The Balaban J connectivity index is 1.82. The first-order valence-corrected chi connectivity index (χ1v) is 7.88. The van der Waals surface area contributed by atoms with E-state index in [-0.39, 0.29) is 5.91 Å². The lowest BCUT2D eigenvalue weighted by Crippen LogP contribution is -2.11. The van der Waals surface area contributed by atoms with Crippen molar-refractivity contribution in [1.29, 1.82) is 0 Å². The maximum atomic E-state index is 12.3. The van der Waals surface area contributed by atoms with Crippen LogP contribution in [0.1, 0.15) is 38.5 Å². The number of anilines is 1. The van der Waals surface area contributed by atoms with Gasteiger partial charge in [-0.3, -0.25) is 4.79 Å². The smallest absolute Gasteiger partial charge is 0.265 e. The highest BCUT2D eigenvalue weighted by Crippen LogP contribution is 2.30. The van der Waals surface area contributed by atoms with Crippen LogP contribution in [0.25, 0.3) is 0 Å². The first-order chi connectivity index (χ1) is 9.63. The van der Waals surface area contributed by atoms with Gasteiger partial charge in [-0.1, -0.05) is 11.6 Å². The van der Waals surface area contributed by atoms with Crippen molar-refractivity contribution in [1.82, 2.24) is 4.98 Å². The lowest BCUT2D eigenvalue weighted by atomic mass is 9.99. The van der Waals surface area contributed by atoms with Crippen LogP contribution in [0.3, 0.4) is 0 Å². The molecule has 0 fully saturated rings. The van der Waals surface area contributed by atoms with Crippen molar-refractivity contribution in [2.75, 3.05) is 5.32 Å². The number of halogens is 1. The predicted molar refractivity (Wildman–Crippen MR) is 82.9 cm³/mol. The number of nitrogens with one attached hydrogen (secondary N) is 1. The SMILES string of the molecule is Cc1cnc(Cl)c(NC(=O)c2cc3c(s2)CCCC3)c1. The molecule has 1 N–H and O–H groups in total. The van der Waals surface area contributed by atoms with E-state index in [0.717, 1.165) is 23.3 Å². The monoisotopic (exact) mass is 306 g/mol. The summed E-state index contributed by atoms with van der Waals surface area (Å²) in [5, 5.41) is 3.18. The molecule has 20 heavy (non-hydrogen) atoms. The van der Waals surface area contributed by atoms with Crippen LogP contribution < -0.4 is 5.32 Å². The van der Waals surface area contributed by atoms with Crippen molar-refractivity contribution in [2.24, 2.45) is 0 Å². The Kier molecular flexibility index (Phi) is 3.76. The van der Waals surface area contributed by atoms with Gasteiger partial charge in [0.15, 0.2) is 5.15 Å². The molecule has 1 aliphatic rings. The van der Waals surface area contributed by atoms with Crippen LogP contribution in [-0.4, -0.2) is 10.9 Å². The molecular weight excluding hydrogens is 292 g/mol. The summed E-state index contributed by atoms with van der Waals surface area (Å²) < 4.78 is 0. The molecule has 0 aliphatic heterocycles. The fourth-order valence-electron chi connectivity index (χ4n) is 2.43. The maximum absolute atomic E-state index is 12.3. The molecule has 0 saturated carbocycles. The first kappa shape index (κ1) is 13.6.